The lowest BCUT2D eigenvalue weighted by Crippen LogP contribution is -2.28. The van der Waals surface area contributed by atoms with Gasteiger partial charge in [0.15, 0.2) is 0 Å². The molecule has 1 atom stereocenters. The van der Waals surface area contributed by atoms with Gasteiger partial charge in [0.2, 0.25) is 0 Å². The lowest BCUT2D eigenvalue weighted by atomic mass is 10.1. The van der Waals surface area contributed by atoms with E-state index in [4.69, 9.17) is 0 Å². The minimum absolute atomic E-state index is 0.131. The van der Waals surface area contributed by atoms with Crippen LogP contribution in [0.3, 0.4) is 0 Å². The molecule has 100 valence electrons. The number of carbonyl (C=O) groups excluding carboxylic acids is 1. The number of aliphatic hydroxyl groups is 1. The highest BCUT2D eigenvalue weighted by Crippen LogP contribution is 2.15. The minimum Gasteiger partial charge on any atom is -0.387 e. The normalized spacial score (nSPS) is 12.2. The van der Waals surface area contributed by atoms with Crippen LogP contribution in [0.5, 0.6) is 0 Å². The van der Waals surface area contributed by atoms with Gasteiger partial charge in [-0.15, -0.1) is 0 Å². The number of aryl methyl sites for hydroxylation is 1. The number of thiophene rings is 1. The van der Waals surface area contributed by atoms with Crippen LogP contribution in [0.2, 0.25) is 0 Å². The maximum atomic E-state index is 13.1. The highest BCUT2D eigenvalue weighted by atomic mass is 32.1. The third kappa shape index (κ3) is 3.39. The quantitative estimate of drug-likeness (QED) is 0.904. The monoisotopic (exact) mass is 279 g/mol. The van der Waals surface area contributed by atoms with E-state index in [1.807, 2.05) is 16.8 Å². The average molecular weight is 279 g/mol. The van der Waals surface area contributed by atoms with E-state index in [0.717, 1.165) is 5.56 Å². The molecule has 2 aromatic rings. The summed E-state index contributed by atoms with van der Waals surface area (Å²) in [5, 5.41) is 16.2. The Kier molecular flexibility index (Phi) is 4.29. The van der Waals surface area contributed by atoms with Crippen molar-refractivity contribution in [2.45, 2.75) is 13.0 Å². The first-order valence-electron chi connectivity index (χ1n) is 5.82. The molecule has 0 bridgehead atoms. The SMILES string of the molecule is Cc1cc(C(=O)NCC(O)c2ccsc2)ccc1F. The summed E-state index contributed by atoms with van der Waals surface area (Å²) in [6.45, 7) is 1.73. The first-order valence-corrected chi connectivity index (χ1v) is 6.76. The Bertz CT molecular complexity index is 569. The Morgan fingerprint density at radius 2 is 2.26 bits per heavy atom. The molecule has 0 aliphatic carbocycles. The van der Waals surface area contributed by atoms with Crippen LogP contribution in [-0.4, -0.2) is 17.6 Å². The topological polar surface area (TPSA) is 49.3 Å². The molecule has 1 aromatic carbocycles. The zero-order valence-electron chi connectivity index (χ0n) is 10.4. The molecule has 0 saturated heterocycles. The van der Waals surface area contributed by atoms with Crippen LogP contribution in [0.15, 0.2) is 35.0 Å². The molecule has 1 amide bonds. The summed E-state index contributed by atoms with van der Waals surface area (Å²) in [4.78, 5) is 11.8. The third-order valence-electron chi connectivity index (χ3n) is 2.80. The zero-order valence-corrected chi connectivity index (χ0v) is 11.2. The van der Waals surface area contributed by atoms with E-state index in [9.17, 15) is 14.3 Å². The van der Waals surface area contributed by atoms with E-state index >= 15 is 0 Å². The van der Waals surface area contributed by atoms with Gasteiger partial charge in [-0.1, -0.05) is 0 Å². The van der Waals surface area contributed by atoms with Gasteiger partial charge in [0.05, 0.1) is 6.10 Å². The Labute approximate surface area is 114 Å². The van der Waals surface area contributed by atoms with Crippen LogP contribution >= 0.6 is 11.3 Å². The molecule has 0 fully saturated rings. The number of benzene rings is 1. The number of amides is 1. The van der Waals surface area contributed by atoms with Crippen molar-refractivity contribution in [2.24, 2.45) is 0 Å². The summed E-state index contributed by atoms with van der Waals surface area (Å²) in [6, 6.07) is 5.99. The second kappa shape index (κ2) is 5.95. The van der Waals surface area contributed by atoms with Crippen LogP contribution in [0.1, 0.15) is 27.6 Å². The third-order valence-corrected chi connectivity index (χ3v) is 3.51. The van der Waals surface area contributed by atoms with E-state index in [0.29, 0.717) is 11.1 Å². The molecule has 1 unspecified atom stereocenters. The van der Waals surface area contributed by atoms with E-state index < -0.39 is 6.10 Å². The zero-order chi connectivity index (χ0) is 13.8. The maximum absolute atomic E-state index is 13.1. The highest BCUT2D eigenvalue weighted by molar-refractivity contribution is 7.07. The maximum Gasteiger partial charge on any atom is 0.251 e. The summed E-state index contributed by atoms with van der Waals surface area (Å²) in [5.41, 5.74) is 1.59. The van der Waals surface area contributed by atoms with Crippen LogP contribution in [0.25, 0.3) is 0 Å². The lowest BCUT2D eigenvalue weighted by molar-refractivity contribution is 0.0916. The van der Waals surface area contributed by atoms with Crippen molar-refractivity contribution < 1.29 is 14.3 Å². The van der Waals surface area contributed by atoms with Crippen LogP contribution in [0, 0.1) is 12.7 Å². The van der Waals surface area contributed by atoms with Crippen molar-refractivity contribution in [3.63, 3.8) is 0 Å². The van der Waals surface area contributed by atoms with Gasteiger partial charge in [0.25, 0.3) is 5.91 Å². The molecule has 19 heavy (non-hydrogen) atoms. The van der Waals surface area contributed by atoms with Gasteiger partial charge in [0.1, 0.15) is 5.82 Å². The van der Waals surface area contributed by atoms with Gasteiger partial charge in [-0.2, -0.15) is 11.3 Å². The fraction of sp³-hybridized carbons (Fsp3) is 0.214. The number of hydrogen-bond acceptors (Lipinski definition) is 3. The van der Waals surface area contributed by atoms with Gasteiger partial charge < -0.3 is 10.4 Å². The predicted octanol–water partition coefficient (Wildman–Crippen LogP) is 2.66. The van der Waals surface area contributed by atoms with E-state index in [1.165, 1.54) is 29.5 Å². The first kappa shape index (κ1) is 13.7. The largest absolute Gasteiger partial charge is 0.387 e. The minimum atomic E-state index is -0.725. The number of halogens is 1. The smallest absolute Gasteiger partial charge is 0.251 e. The molecule has 0 spiro atoms. The molecule has 2 N–H and O–H groups in total. The molecular formula is C14H14FNO2S. The number of hydrogen-bond donors (Lipinski definition) is 2. The lowest BCUT2D eigenvalue weighted by Gasteiger charge is -2.11. The van der Waals surface area contributed by atoms with Gasteiger partial charge in [-0.3, -0.25) is 4.79 Å². The average Bonchev–Trinajstić information content (AvgIpc) is 2.92. The van der Waals surface area contributed by atoms with Crippen molar-refractivity contribution >= 4 is 17.2 Å². The van der Waals surface area contributed by atoms with E-state index in [1.54, 1.807) is 6.92 Å². The number of rotatable bonds is 4. The fourth-order valence-corrected chi connectivity index (χ4v) is 2.37. The van der Waals surface area contributed by atoms with E-state index in [-0.39, 0.29) is 18.3 Å². The fourth-order valence-electron chi connectivity index (χ4n) is 1.66. The van der Waals surface area contributed by atoms with Crippen molar-refractivity contribution in [3.05, 3.63) is 57.5 Å². The van der Waals surface area contributed by atoms with Gasteiger partial charge >= 0.3 is 0 Å². The van der Waals surface area contributed by atoms with Crippen molar-refractivity contribution in [1.82, 2.24) is 5.32 Å². The van der Waals surface area contributed by atoms with Crippen LogP contribution in [-0.2, 0) is 0 Å². The molecule has 1 aromatic heterocycles. The van der Waals surface area contributed by atoms with Gasteiger partial charge in [0, 0.05) is 12.1 Å². The molecule has 0 aliphatic rings. The second-order valence-electron chi connectivity index (χ2n) is 4.25. The Hall–Kier alpha value is -1.72. The standard InChI is InChI=1S/C14H14FNO2S/c1-9-6-10(2-3-12(9)15)14(18)16-7-13(17)11-4-5-19-8-11/h2-6,8,13,17H,7H2,1H3,(H,16,18). The molecular weight excluding hydrogens is 265 g/mol. The van der Waals surface area contributed by atoms with Gasteiger partial charge in [-0.25, -0.2) is 4.39 Å². The van der Waals surface area contributed by atoms with E-state index in [2.05, 4.69) is 5.32 Å². The summed E-state index contributed by atoms with van der Waals surface area (Å²) < 4.78 is 13.1. The number of nitrogens with one attached hydrogen (secondary N) is 1. The molecule has 0 radical (unpaired) electrons. The number of carbonyl (C=O) groups is 1. The summed E-state index contributed by atoms with van der Waals surface area (Å²) in [7, 11) is 0. The molecule has 2 rings (SSSR count). The Morgan fingerprint density at radius 3 is 2.89 bits per heavy atom. The molecule has 0 saturated carbocycles. The van der Waals surface area contributed by atoms with Crippen molar-refractivity contribution in [3.8, 4) is 0 Å². The van der Waals surface area contributed by atoms with Crippen LogP contribution in [0.4, 0.5) is 4.39 Å². The summed E-state index contributed by atoms with van der Waals surface area (Å²) in [6.07, 6.45) is -0.725. The number of aliphatic hydroxyl groups excluding tert-OH is 1. The molecule has 0 aliphatic heterocycles. The molecule has 3 nitrogen and oxygen atoms in total. The van der Waals surface area contributed by atoms with Crippen LogP contribution < -0.4 is 5.32 Å². The second-order valence-corrected chi connectivity index (χ2v) is 5.03. The summed E-state index contributed by atoms with van der Waals surface area (Å²) in [5.74, 6) is -0.660. The van der Waals surface area contributed by atoms with Crippen molar-refractivity contribution in [2.75, 3.05) is 6.54 Å². The summed E-state index contributed by atoms with van der Waals surface area (Å²) >= 11 is 1.49. The van der Waals surface area contributed by atoms with Crippen molar-refractivity contribution in [1.29, 1.82) is 0 Å². The highest BCUT2D eigenvalue weighted by Gasteiger charge is 2.11. The predicted molar refractivity (Wildman–Crippen MR) is 72.7 cm³/mol. The molecule has 5 heteroatoms. The molecule has 1 heterocycles. The van der Waals surface area contributed by atoms with Gasteiger partial charge in [-0.05, 0) is 53.1 Å². The Balaban J connectivity index is 1.96. The Morgan fingerprint density at radius 1 is 1.47 bits per heavy atom. The first-order chi connectivity index (χ1) is 9.08.